The molecule has 2 atom stereocenters. The third kappa shape index (κ3) is 3.64. The van der Waals surface area contributed by atoms with Crippen molar-refractivity contribution in [1.29, 1.82) is 0 Å². The van der Waals surface area contributed by atoms with E-state index in [2.05, 4.69) is 13.8 Å². The maximum atomic E-state index is 11.3. The molecule has 1 aromatic rings. The van der Waals surface area contributed by atoms with Gasteiger partial charge < -0.3 is 10.5 Å². The van der Waals surface area contributed by atoms with Crippen LogP contribution < -0.4 is 15.6 Å². The van der Waals surface area contributed by atoms with Gasteiger partial charge in [0, 0.05) is 6.07 Å². The molecule has 2 rings (SSSR count). The van der Waals surface area contributed by atoms with Gasteiger partial charge in [0.1, 0.15) is 10.6 Å². The molecule has 0 aromatic heterocycles. The van der Waals surface area contributed by atoms with Gasteiger partial charge in [-0.25, -0.2) is 13.6 Å². The fraction of sp³-hybridized carbons (Fsp3) is 0.571. The Morgan fingerprint density at radius 1 is 1.15 bits per heavy atom. The molecule has 0 saturated heterocycles. The number of benzene rings is 1. The number of hydrogen-bond donors (Lipinski definition) is 2. The molecule has 0 spiro atoms. The van der Waals surface area contributed by atoms with Crippen LogP contribution in [0.5, 0.6) is 5.75 Å². The number of sulfonamides is 1. The molecular weight excluding hydrogens is 276 g/mol. The van der Waals surface area contributed by atoms with Crippen LogP contribution >= 0.6 is 0 Å². The molecule has 0 bridgehead atoms. The Bertz CT molecular complexity index is 576. The summed E-state index contributed by atoms with van der Waals surface area (Å²) in [7, 11) is -3.78. The second kappa shape index (κ2) is 5.61. The smallest absolute Gasteiger partial charge is 0.240 e. The first-order valence-electron chi connectivity index (χ1n) is 6.84. The second-order valence-corrected chi connectivity index (χ2v) is 7.43. The van der Waals surface area contributed by atoms with Crippen LogP contribution in [0.4, 0.5) is 5.69 Å². The van der Waals surface area contributed by atoms with Crippen molar-refractivity contribution in [2.45, 2.75) is 44.1 Å². The van der Waals surface area contributed by atoms with Gasteiger partial charge in [-0.3, -0.25) is 0 Å². The van der Waals surface area contributed by atoms with Gasteiger partial charge in [0.05, 0.1) is 11.8 Å². The minimum absolute atomic E-state index is 0.0600. The summed E-state index contributed by atoms with van der Waals surface area (Å²) in [5, 5.41) is 5.08. The maximum absolute atomic E-state index is 11.3. The number of rotatable bonds is 3. The maximum Gasteiger partial charge on any atom is 0.240 e. The molecule has 0 amide bonds. The Morgan fingerprint density at radius 3 is 2.25 bits per heavy atom. The molecule has 2 unspecified atom stereocenters. The minimum Gasteiger partial charge on any atom is -0.490 e. The minimum atomic E-state index is -3.78. The molecule has 4 N–H and O–H groups in total. The lowest BCUT2D eigenvalue weighted by molar-refractivity contribution is 0.101. The zero-order valence-corrected chi connectivity index (χ0v) is 12.7. The largest absolute Gasteiger partial charge is 0.490 e. The first-order valence-corrected chi connectivity index (χ1v) is 8.39. The van der Waals surface area contributed by atoms with E-state index in [-0.39, 0.29) is 16.7 Å². The van der Waals surface area contributed by atoms with Gasteiger partial charge in [-0.1, -0.05) is 13.8 Å². The number of nitrogens with two attached hydrogens (primary N) is 2. The first kappa shape index (κ1) is 15.1. The number of primary sulfonamides is 1. The Morgan fingerprint density at radius 2 is 1.75 bits per heavy atom. The quantitative estimate of drug-likeness (QED) is 0.835. The van der Waals surface area contributed by atoms with Gasteiger partial charge in [0.2, 0.25) is 10.0 Å². The summed E-state index contributed by atoms with van der Waals surface area (Å²) in [6.45, 7) is 4.45. The summed E-state index contributed by atoms with van der Waals surface area (Å²) in [4.78, 5) is -0.0600. The van der Waals surface area contributed by atoms with Crippen LogP contribution in [-0.2, 0) is 10.0 Å². The van der Waals surface area contributed by atoms with Crippen molar-refractivity contribution in [3.05, 3.63) is 18.2 Å². The molecule has 5 nitrogen and oxygen atoms in total. The van der Waals surface area contributed by atoms with E-state index in [4.69, 9.17) is 15.6 Å². The van der Waals surface area contributed by atoms with Gasteiger partial charge in [0.15, 0.2) is 0 Å². The SMILES string of the molecule is CC1CC(C)CC(Oc2ccc(S(N)(=O)=O)c(N)c2)C1. The summed E-state index contributed by atoms with van der Waals surface area (Å²) in [5.41, 5.74) is 5.85. The molecule has 6 heteroatoms. The van der Waals surface area contributed by atoms with Crippen molar-refractivity contribution in [3.8, 4) is 5.75 Å². The van der Waals surface area contributed by atoms with Gasteiger partial charge in [0.25, 0.3) is 0 Å². The van der Waals surface area contributed by atoms with Crippen molar-refractivity contribution in [2.24, 2.45) is 17.0 Å². The average molecular weight is 298 g/mol. The number of nitrogen functional groups attached to an aromatic ring is 1. The molecular formula is C14H22N2O3S. The molecule has 1 saturated carbocycles. The Kier molecular flexibility index (Phi) is 4.25. The average Bonchev–Trinajstić information content (AvgIpc) is 2.25. The summed E-state index contributed by atoms with van der Waals surface area (Å²) < 4.78 is 28.5. The van der Waals surface area contributed by atoms with Crippen molar-refractivity contribution >= 4 is 15.7 Å². The van der Waals surface area contributed by atoms with Crippen LogP contribution in [-0.4, -0.2) is 14.5 Å². The summed E-state index contributed by atoms with van der Waals surface area (Å²) in [6, 6.07) is 4.54. The molecule has 20 heavy (non-hydrogen) atoms. The lowest BCUT2D eigenvalue weighted by atomic mass is 9.82. The third-order valence-electron chi connectivity index (χ3n) is 3.73. The Labute approximate surface area is 120 Å². The van der Waals surface area contributed by atoms with Gasteiger partial charge in [-0.05, 0) is 43.2 Å². The van der Waals surface area contributed by atoms with E-state index in [1.165, 1.54) is 18.6 Å². The van der Waals surface area contributed by atoms with Crippen LogP contribution in [0.1, 0.15) is 33.1 Å². The highest BCUT2D eigenvalue weighted by molar-refractivity contribution is 7.89. The Hall–Kier alpha value is -1.27. The van der Waals surface area contributed by atoms with E-state index < -0.39 is 10.0 Å². The normalized spacial score (nSPS) is 27.2. The van der Waals surface area contributed by atoms with E-state index in [1.807, 2.05) is 0 Å². The van der Waals surface area contributed by atoms with Crippen LogP contribution in [0.2, 0.25) is 0 Å². The predicted octanol–water partition coefficient (Wildman–Crippen LogP) is 2.12. The lowest BCUT2D eigenvalue weighted by Crippen LogP contribution is -2.28. The van der Waals surface area contributed by atoms with Crippen LogP contribution in [0.3, 0.4) is 0 Å². The van der Waals surface area contributed by atoms with Crippen molar-refractivity contribution in [3.63, 3.8) is 0 Å². The lowest BCUT2D eigenvalue weighted by Gasteiger charge is -2.31. The predicted molar refractivity (Wildman–Crippen MR) is 78.8 cm³/mol. The number of anilines is 1. The van der Waals surface area contributed by atoms with Crippen LogP contribution in [0, 0.1) is 11.8 Å². The molecule has 0 radical (unpaired) electrons. The van der Waals surface area contributed by atoms with E-state index in [1.54, 1.807) is 6.07 Å². The second-order valence-electron chi connectivity index (χ2n) is 5.90. The molecule has 1 aliphatic rings. The molecule has 1 aromatic carbocycles. The number of hydrogen-bond acceptors (Lipinski definition) is 4. The molecule has 1 aliphatic carbocycles. The standard InChI is InChI=1S/C14H22N2O3S/c1-9-5-10(2)7-12(6-9)19-11-3-4-14(13(15)8-11)20(16,17)18/h3-4,8-10,12H,5-7,15H2,1-2H3,(H2,16,17,18). The first-order chi connectivity index (χ1) is 9.25. The van der Waals surface area contributed by atoms with E-state index in [9.17, 15) is 8.42 Å². The highest BCUT2D eigenvalue weighted by Crippen LogP contribution is 2.32. The summed E-state index contributed by atoms with van der Waals surface area (Å²) in [6.07, 6.45) is 3.42. The monoisotopic (exact) mass is 298 g/mol. The van der Waals surface area contributed by atoms with Crippen molar-refractivity contribution in [2.75, 3.05) is 5.73 Å². The summed E-state index contributed by atoms with van der Waals surface area (Å²) in [5.74, 6) is 1.88. The molecule has 0 heterocycles. The summed E-state index contributed by atoms with van der Waals surface area (Å²) >= 11 is 0. The fourth-order valence-corrected chi connectivity index (χ4v) is 3.67. The van der Waals surface area contributed by atoms with Crippen LogP contribution in [0.15, 0.2) is 23.1 Å². The van der Waals surface area contributed by atoms with E-state index >= 15 is 0 Å². The third-order valence-corrected chi connectivity index (χ3v) is 4.71. The topological polar surface area (TPSA) is 95.4 Å². The zero-order chi connectivity index (χ0) is 14.9. The zero-order valence-electron chi connectivity index (χ0n) is 11.9. The van der Waals surface area contributed by atoms with Gasteiger partial charge >= 0.3 is 0 Å². The van der Waals surface area contributed by atoms with Gasteiger partial charge in [-0.2, -0.15) is 0 Å². The highest BCUT2D eigenvalue weighted by Gasteiger charge is 2.25. The van der Waals surface area contributed by atoms with E-state index in [0.29, 0.717) is 17.6 Å². The van der Waals surface area contributed by atoms with Crippen LogP contribution in [0.25, 0.3) is 0 Å². The highest BCUT2D eigenvalue weighted by atomic mass is 32.2. The van der Waals surface area contributed by atoms with Crippen molar-refractivity contribution < 1.29 is 13.2 Å². The molecule has 1 fully saturated rings. The van der Waals surface area contributed by atoms with Gasteiger partial charge in [-0.15, -0.1) is 0 Å². The van der Waals surface area contributed by atoms with Crippen molar-refractivity contribution in [1.82, 2.24) is 0 Å². The van der Waals surface area contributed by atoms with E-state index in [0.717, 1.165) is 12.8 Å². The fourth-order valence-electron chi connectivity index (χ4n) is 3.02. The Balaban J connectivity index is 2.13. The number of ether oxygens (including phenoxy) is 1. The molecule has 0 aliphatic heterocycles. The molecule has 112 valence electrons.